The number of aromatic nitrogens is 4. The van der Waals surface area contributed by atoms with Gasteiger partial charge in [-0.1, -0.05) is 12.1 Å². The molecule has 140 valence electrons. The van der Waals surface area contributed by atoms with Crippen LogP contribution in [0.3, 0.4) is 0 Å². The monoisotopic (exact) mass is 364 g/mol. The minimum absolute atomic E-state index is 0.621. The maximum atomic E-state index is 5.55. The molecule has 7 heteroatoms. The Morgan fingerprint density at radius 3 is 2.81 bits per heavy atom. The molecule has 0 bridgehead atoms. The van der Waals surface area contributed by atoms with Crippen molar-refractivity contribution >= 4 is 5.95 Å². The summed E-state index contributed by atoms with van der Waals surface area (Å²) in [5.74, 6) is 1.58. The van der Waals surface area contributed by atoms with Crippen LogP contribution >= 0.6 is 0 Å². The van der Waals surface area contributed by atoms with E-state index in [0.717, 1.165) is 37.6 Å². The van der Waals surface area contributed by atoms with Gasteiger partial charge in [-0.15, -0.1) is 0 Å². The van der Waals surface area contributed by atoms with E-state index >= 15 is 0 Å². The lowest BCUT2D eigenvalue weighted by molar-refractivity contribution is 0.202. The highest BCUT2D eigenvalue weighted by Crippen LogP contribution is 2.24. The van der Waals surface area contributed by atoms with Crippen LogP contribution in [0.2, 0.25) is 0 Å². The van der Waals surface area contributed by atoms with Crippen molar-refractivity contribution in [2.24, 2.45) is 0 Å². The minimum Gasteiger partial charge on any atom is -0.496 e. The zero-order valence-corrected chi connectivity index (χ0v) is 15.7. The molecule has 0 fully saturated rings. The summed E-state index contributed by atoms with van der Waals surface area (Å²) < 4.78 is 7.65. The van der Waals surface area contributed by atoms with Gasteiger partial charge in [-0.3, -0.25) is 9.58 Å². The molecule has 3 heterocycles. The van der Waals surface area contributed by atoms with Crippen LogP contribution in [0.15, 0.2) is 42.7 Å². The molecule has 7 nitrogen and oxygen atoms in total. The maximum Gasteiger partial charge on any atom is 0.222 e. The van der Waals surface area contributed by atoms with Gasteiger partial charge in [0.1, 0.15) is 5.75 Å². The number of benzene rings is 1. The molecule has 1 aromatic carbocycles. The Morgan fingerprint density at radius 1 is 1.15 bits per heavy atom. The fourth-order valence-electron chi connectivity index (χ4n) is 3.38. The fourth-order valence-corrected chi connectivity index (χ4v) is 3.38. The second kappa shape index (κ2) is 7.75. The SMILES string of the molecule is COc1cc(C)ccc1CN1CCn2nc(CNc3ncccn3)cc2C1. The number of nitrogens with zero attached hydrogens (tertiary/aromatic N) is 5. The summed E-state index contributed by atoms with van der Waals surface area (Å²) in [7, 11) is 1.74. The quantitative estimate of drug-likeness (QED) is 0.725. The fraction of sp³-hybridized carbons (Fsp3) is 0.350. The number of methoxy groups -OCH3 is 1. The average molecular weight is 364 g/mol. The third-order valence-corrected chi connectivity index (χ3v) is 4.76. The Kier molecular flexibility index (Phi) is 5.02. The number of rotatable bonds is 6. The zero-order chi connectivity index (χ0) is 18.6. The van der Waals surface area contributed by atoms with E-state index in [1.807, 2.05) is 0 Å². The van der Waals surface area contributed by atoms with Crippen molar-refractivity contribution in [3.8, 4) is 5.75 Å². The summed E-state index contributed by atoms with van der Waals surface area (Å²) in [6, 6.07) is 10.4. The third-order valence-electron chi connectivity index (χ3n) is 4.76. The van der Waals surface area contributed by atoms with Crippen LogP contribution in [0.25, 0.3) is 0 Å². The van der Waals surface area contributed by atoms with E-state index in [1.54, 1.807) is 25.6 Å². The molecule has 3 aromatic rings. The molecule has 0 radical (unpaired) electrons. The molecule has 0 atom stereocenters. The summed E-state index contributed by atoms with van der Waals surface area (Å²) in [4.78, 5) is 10.8. The molecule has 0 saturated heterocycles. The number of aryl methyl sites for hydroxylation is 1. The average Bonchev–Trinajstić information content (AvgIpc) is 3.11. The highest BCUT2D eigenvalue weighted by atomic mass is 16.5. The lowest BCUT2D eigenvalue weighted by atomic mass is 10.1. The van der Waals surface area contributed by atoms with E-state index < -0.39 is 0 Å². The van der Waals surface area contributed by atoms with Crippen molar-refractivity contribution in [1.82, 2.24) is 24.6 Å². The molecule has 0 amide bonds. The Morgan fingerprint density at radius 2 is 2.00 bits per heavy atom. The molecule has 4 rings (SSSR count). The lowest BCUT2D eigenvalue weighted by Crippen LogP contribution is -2.33. The van der Waals surface area contributed by atoms with Gasteiger partial charge in [0, 0.05) is 37.6 Å². The van der Waals surface area contributed by atoms with Crippen molar-refractivity contribution in [3.63, 3.8) is 0 Å². The predicted molar refractivity (Wildman–Crippen MR) is 103 cm³/mol. The number of anilines is 1. The smallest absolute Gasteiger partial charge is 0.222 e. The van der Waals surface area contributed by atoms with Crippen LogP contribution in [-0.2, 0) is 26.2 Å². The van der Waals surface area contributed by atoms with E-state index in [9.17, 15) is 0 Å². The van der Waals surface area contributed by atoms with Crippen LogP contribution in [0, 0.1) is 6.92 Å². The van der Waals surface area contributed by atoms with E-state index in [-0.39, 0.29) is 0 Å². The van der Waals surface area contributed by atoms with Crippen molar-refractivity contribution in [3.05, 3.63) is 65.2 Å². The highest BCUT2D eigenvalue weighted by Gasteiger charge is 2.19. The van der Waals surface area contributed by atoms with E-state index in [0.29, 0.717) is 12.5 Å². The van der Waals surface area contributed by atoms with Gasteiger partial charge in [0.15, 0.2) is 0 Å². The second-order valence-corrected chi connectivity index (χ2v) is 6.80. The van der Waals surface area contributed by atoms with Gasteiger partial charge in [0.05, 0.1) is 31.6 Å². The van der Waals surface area contributed by atoms with Gasteiger partial charge < -0.3 is 10.1 Å². The van der Waals surface area contributed by atoms with Crippen molar-refractivity contribution in [2.75, 3.05) is 19.0 Å². The molecule has 2 aromatic heterocycles. The molecule has 0 unspecified atom stereocenters. The first-order valence-corrected chi connectivity index (χ1v) is 9.13. The maximum absolute atomic E-state index is 5.55. The first-order valence-electron chi connectivity index (χ1n) is 9.13. The number of fused-ring (bicyclic) bond motifs is 1. The summed E-state index contributed by atoms with van der Waals surface area (Å²) >= 11 is 0. The molecule has 0 saturated carbocycles. The molecule has 1 aliphatic heterocycles. The topological polar surface area (TPSA) is 68.1 Å². The van der Waals surface area contributed by atoms with Gasteiger partial charge >= 0.3 is 0 Å². The van der Waals surface area contributed by atoms with Gasteiger partial charge in [0.2, 0.25) is 5.95 Å². The first-order chi connectivity index (χ1) is 13.2. The number of nitrogens with one attached hydrogen (secondary N) is 1. The number of ether oxygens (including phenoxy) is 1. The van der Waals surface area contributed by atoms with Crippen LogP contribution in [0.4, 0.5) is 5.95 Å². The Hall–Kier alpha value is -2.93. The van der Waals surface area contributed by atoms with Gasteiger partial charge in [-0.05, 0) is 30.7 Å². The van der Waals surface area contributed by atoms with Crippen molar-refractivity contribution in [1.29, 1.82) is 0 Å². The van der Waals surface area contributed by atoms with Crippen LogP contribution < -0.4 is 10.1 Å². The van der Waals surface area contributed by atoms with Crippen LogP contribution in [0.1, 0.15) is 22.5 Å². The normalized spacial score (nSPS) is 14.0. The largest absolute Gasteiger partial charge is 0.496 e. The standard InChI is InChI=1S/C20H24N6O/c1-15-4-5-16(19(10-15)27-2)13-25-8-9-26-18(14-25)11-17(24-26)12-23-20-21-6-3-7-22-20/h3-7,10-11H,8-9,12-14H2,1-2H3,(H,21,22,23). The summed E-state index contributed by atoms with van der Waals surface area (Å²) in [6.45, 7) is 6.33. The van der Waals surface area contributed by atoms with E-state index in [2.05, 4.69) is 56.1 Å². The molecule has 1 aliphatic rings. The summed E-state index contributed by atoms with van der Waals surface area (Å²) in [5, 5.41) is 7.91. The zero-order valence-electron chi connectivity index (χ0n) is 15.7. The van der Waals surface area contributed by atoms with Crippen molar-refractivity contribution < 1.29 is 4.74 Å². The third kappa shape index (κ3) is 4.09. The van der Waals surface area contributed by atoms with Crippen LogP contribution in [0.5, 0.6) is 5.75 Å². The Labute approximate surface area is 159 Å². The number of hydrogen-bond acceptors (Lipinski definition) is 6. The van der Waals surface area contributed by atoms with E-state index in [1.165, 1.54) is 16.8 Å². The molecular weight excluding hydrogens is 340 g/mol. The minimum atomic E-state index is 0.621. The predicted octanol–water partition coefficient (Wildman–Crippen LogP) is 2.62. The van der Waals surface area contributed by atoms with Gasteiger partial charge in [-0.2, -0.15) is 5.10 Å². The molecule has 1 N–H and O–H groups in total. The van der Waals surface area contributed by atoms with Gasteiger partial charge in [0.25, 0.3) is 0 Å². The summed E-state index contributed by atoms with van der Waals surface area (Å²) in [6.07, 6.45) is 3.45. The second-order valence-electron chi connectivity index (χ2n) is 6.80. The lowest BCUT2D eigenvalue weighted by Gasteiger charge is -2.28. The van der Waals surface area contributed by atoms with Crippen LogP contribution in [-0.4, -0.2) is 38.3 Å². The molecule has 0 aliphatic carbocycles. The van der Waals surface area contributed by atoms with Crippen molar-refractivity contribution in [2.45, 2.75) is 33.1 Å². The summed E-state index contributed by atoms with van der Waals surface area (Å²) in [5.41, 5.74) is 4.68. The van der Waals surface area contributed by atoms with E-state index in [4.69, 9.17) is 9.84 Å². The highest BCUT2D eigenvalue weighted by molar-refractivity contribution is 5.37. The first kappa shape index (κ1) is 17.5. The Bertz CT molecular complexity index is 908. The molecule has 27 heavy (non-hydrogen) atoms. The number of hydrogen-bond donors (Lipinski definition) is 1. The molecular formula is C20H24N6O. The Balaban J connectivity index is 1.41. The van der Waals surface area contributed by atoms with Gasteiger partial charge in [-0.25, -0.2) is 9.97 Å². The molecule has 0 spiro atoms.